The van der Waals surface area contributed by atoms with Crippen LogP contribution >= 0.6 is 0 Å². The summed E-state index contributed by atoms with van der Waals surface area (Å²) < 4.78 is 0. The monoisotopic (exact) mass is 195 g/mol. The molecule has 0 aliphatic heterocycles. The number of aliphatic hydroxyl groups is 1. The zero-order valence-corrected chi connectivity index (χ0v) is 9.62. The Labute approximate surface area is 86.9 Å². The Kier molecular flexibility index (Phi) is 3.38. The fourth-order valence-corrected chi connectivity index (χ4v) is 1.90. The van der Waals surface area contributed by atoms with E-state index in [-0.39, 0.29) is 5.92 Å². The van der Waals surface area contributed by atoms with E-state index in [1.165, 1.54) is 5.70 Å². The van der Waals surface area contributed by atoms with Crippen LogP contribution in [0.2, 0.25) is 0 Å². The van der Waals surface area contributed by atoms with Gasteiger partial charge >= 0.3 is 0 Å². The summed E-state index contributed by atoms with van der Waals surface area (Å²) in [6.45, 7) is 10.2. The molecule has 0 aromatic rings. The van der Waals surface area contributed by atoms with Crippen molar-refractivity contribution in [3.8, 4) is 0 Å². The Morgan fingerprint density at radius 2 is 2.00 bits per heavy atom. The van der Waals surface area contributed by atoms with Crippen LogP contribution in [0, 0.1) is 5.92 Å². The molecule has 0 saturated carbocycles. The summed E-state index contributed by atoms with van der Waals surface area (Å²) in [5, 5.41) is 10.1. The summed E-state index contributed by atoms with van der Waals surface area (Å²) in [7, 11) is 0. The van der Waals surface area contributed by atoms with Crippen molar-refractivity contribution in [2.75, 3.05) is 13.1 Å². The molecule has 0 spiro atoms. The van der Waals surface area contributed by atoms with E-state index in [4.69, 9.17) is 0 Å². The van der Waals surface area contributed by atoms with Gasteiger partial charge in [0.2, 0.25) is 0 Å². The molecule has 2 heteroatoms. The standard InChI is InChI=1S/C12H21NO/c1-5-13(6-2)11-8-7-9-12(4,14)10(11)3/h7-10,14H,5-6H2,1-4H3. The quantitative estimate of drug-likeness (QED) is 0.746. The molecule has 14 heavy (non-hydrogen) atoms. The van der Waals surface area contributed by atoms with Crippen molar-refractivity contribution in [3.63, 3.8) is 0 Å². The highest BCUT2D eigenvalue weighted by Crippen LogP contribution is 2.31. The Balaban J connectivity index is 2.89. The minimum absolute atomic E-state index is 0.174. The molecule has 1 rings (SSSR count). The molecule has 2 nitrogen and oxygen atoms in total. The lowest BCUT2D eigenvalue weighted by Gasteiger charge is -2.37. The summed E-state index contributed by atoms with van der Waals surface area (Å²) in [6, 6.07) is 0. The molecule has 80 valence electrons. The van der Waals surface area contributed by atoms with E-state index in [1.807, 2.05) is 19.1 Å². The van der Waals surface area contributed by atoms with Crippen molar-refractivity contribution in [3.05, 3.63) is 23.9 Å². The van der Waals surface area contributed by atoms with Gasteiger partial charge in [0.1, 0.15) is 0 Å². The summed E-state index contributed by atoms with van der Waals surface area (Å²) >= 11 is 0. The number of hydrogen-bond donors (Lipinski definition) is 1. The molecule has 0 bridgehead atoms. The lowest BCUT2D eigenvalue weighted by molar-refractivity contribution is 0.0550. The predicted octanol–water partition coefficient (Wildman–Crippen LogP) is 2.17. The highest BCUT2D eigenvalue weighted by atomic mass is 16.3. The second-order valence-corrected chi connectivity index (χ2v) is 4.07. The van der Waals surface area contributed by atoms with Crippen LogP contribution in [0.25, 0.3) is 0 Å². The minimum Gasteiger partial charge on any atom is -0.385 e. The Morgan fingerprint density at radius 3 is 2.50 bits per heavy atom. The molecule has 0 saturated heterocycles. The van der Waals surface area contributed by atoms with Gasteiger partial charge in [-0.25, -0.2) is 0 Å². The second-order valence-electron chi connectivity index (χ2n) is 4.07. The van der Waals surface area contributed by atoms with Gasteiger partial charge < -0.3 is 10.0 Å². The maximum Gasteiger partial charge on any atom is 0.0882 e. The van der Waals surface area contributed by atoms with Gasteiger partial charge in [-0.2, -0.15) is 0 Å². The molecule has 0 fully saturated rings. The van der Waals surface area contributed by atoms with Crippen LogP contribution in [0.1, 0.15) is 27.7 Å². The van der Waals surface area contributed by atoms with Crippen molar-refractivity contribution in [1.82, 2.24) is 4.90 Å². The first-order chi connectivity index (χ1) is 6.53. The van der Waals surface area contributed by atoms with E-state index < -0.39 is 5.60 Å². The molecule has 1 N–H and O–H groups in total. The van der Waals surface area contributed by atoms with Gasteiger partial charge in [0.25, 0.3) is 0 Å². The molecular formula is C12H21NO. The topological polar surface area (TPSA) is 23.5 Å². The second kappa shape index (κ2) is 4.18. The summed E-state index contributed by atoms with van der Waals surface area (Å²) in [5.41, 5.74) is 0.537. The molecule has 1 aliphatic carbocycles. The lowest BCUT2D eigenvalue weighted by Crippen LogP contribution is -2.39. The largest absolute Gasteiger partial charge is 0.385 e. The molecule has 2 atom stereocenters. The Morgan fingerprint density at radius 1 is 1.43 bits per heavy atom. The van der Waals surface area contributed by atoms with E-state index in [2.05, 4.69) is 31.7 Å². The van der Waals surface area contributed by atoms with Crippen molar-refractivity contribution < 1.29 is 5.11 Å². The number of nitrogens with zero attached hydrogens (tertiary/aromatic N) is 1. The minimum atomic E-state index is -0.702. The van der Waals surface area contributed by atoms with E-state index in [1.54, 1.807) is 0 Å². The first-order valence-electron chi connectivity index (χ1n) is 5.39. The third-order valence-electron chi connectivity index (χ3n) is 3.15. The first kappa shape index (κ1) is 11.3. The van der Waals surface area contributed by atoms with Gasteiger partial charge in [0, 0.05) is 24.7 Å². The van der Waals surface area contributed by atoms with E-state index in [0.717, 1.165) is 13.1 Å². The average Bonchev–Trinajstić information content (AvgIpc) is 2.14. The average molecular weight is 195 g/mol. The molecule has 2 unspecified atom stereocenters. The van der Waals surface area contributed by atoms with Crippen molar-refractivity contribution >= 4 is 0 Å². The molecule has 0 heterocycles. The summed E-state index contributed by atoms with van der Waals surface area (Å²) in [4.78, 5) is 2.29. The predicted molar refractivity (Wildman–Crippen MR) is 59.9 cm³/mol. The maximum atomic E-state index is 10.1. The molecule has 0 amide bonds. The van der Waals surface area contributed by atoms with Gasteiger partial charge in [-0.1, -0.05) is 19.1 Å². The van der Waals surface area contributed by atoms with E-state index >= 15 is 0 Å². The molecule has 0 aromatic heterocycles. The van der Waals surface area contributed by atoms with Gasteiger partial charge in [-0.05, 0) is 26.8 Å². The maximum absolute atomic E-state index is 10.1. The van der Waals surface area contributed by atoms with Crippen LogP contribution in [-0.4, -0.2) is 28.7 Å². The highest BCUT2D eigenvalue weighted by molar-refractivity contribution is 5.26. The smallest absolute Gasteiger partial charge is 0.0882 e. The summed E-state index contributed by atoms with van der Waals surface area (Å²) in [6.07, 6.45) is 5.92. The van der Waals surface area contributed by atoms with Crippen LogP contribution in [-0.2, 0) is 0 Å². The summed E-state index contributed by atoms with van der Waals surface area (Å²) in [5.74, 6) is 0.174. The normalized spacial score (nSPS) is 31.5. The van der Waals surface area contributed by atoms with Crippen LogP contribution in [0.4, 0.5) is 0 Å². The van der Waals surface area contributed by atoms with E-state index in [0.29, 0.717) is 0 Å². The lowest BCUT2D eigenvalue weighted by atomic mass is 9.84. The molecule has 1 aliphatic rings. The zero-order chi connectivity index (χ0) is 10.8. The molecule has 0 aromatic carbocycles. The fourth-order valence-electron chi connectivity index (χ4n) is 1.90. The number of hydrogen-bond acceptors (Lipinski definition) is 2. The van der Waals surface area contributed by atoms with Crippen LogP contribution in [0.5, 0.6) is 0 Å². The third-order valence-corrected chi connectivity index (χ3v) is 3.15. The van der Waals surface area contributed by atoms with E-state index in [9.17, 15) is 5.11 Å². The Hall–Kier alpha value is -0.760. The van der Waals surface area contributed by atoms with Crippen molar-refractivity contribution in [1.29, 1.82) is 0 Å². The van der Waals surface area contributed by atoms with Gasteiger partial charge in [-0.3, -0.25) is 0 Å². The molecular weight excluding hydrogens is 174 g/mol. The fraction of sp³-hybridized carbons (Fsp3) is 0.667. The SMILES string of the molecule is CCN(CC)C1=CC=CC(C)(O)C1C. The first-order valence-corrected chi connectivity index (χ1v) is 5.39. The van der Waals surface area contributed by atoms with Crippen LogP contribution in [0.15, 0.2) is 23.9 Å². The third kappa shape index (κ3) is 2.01. The van der Waals surface area contributed by atoms with Gasteiger partial charge in [-0.15, -0.1) is 0 Å². The van der Waals surface area contributed by atoms with Gasteiger partial charge in [0.15, 0.2) is 0 Å². The van der Waals surface area contributed by atoms with Crippen LogP contribution in [0.3, 0.4) is 0 Å². The number of allylic oxidation sites excluding steroid dienone is 2. The van der Waals surface area contributed by atoms with Gasteiger partial charge in [0.05, 0.1) is 5.60 Å². The zero-order valence-electron chi connectivity index (χ0n) is 9.62. The van der Waals surface area contributed by atoms with Crippen molar-refractivity contribution in [2.45, 2.75) is 33.3 Å². The van der Waals surface area contributed by atoms with Crippen molar-refractivity contribution in [2.24, 2.45) is 5.92 Å². The molecule has 0 radical (unpaired) electrons. The highest BCUT2D eigenvalue weighted by Gasteiger charge is 2.31. The Bertz CT molecular complexity index is 249. The number of rotatable bonds is 3. The van der Waals surface area contributed by atoms with Crippen LogP contribution < -0.4 is 0 Å².